The van der Waals surface area contributed by atoms with Gasteiger partial charge in [-0.25, -0.2) is 0 Å². The molecule has 57 heavy (non-hydrogen) atoms. The fourth-order valence-corrected chi connectivity index (χ4v) is 11.9. The third-order valence-electron chi connectivity index (χ3n) is 15.6. The second-order valence-electron chi connectivity index (χ2n) is 20.5. The van der Waals surface area contributed by atoms with E-state index < -0.39 is 0 Å². The van der Waals surface area contributed by atoms with E-state index in [0.29, 0.717) is 5.41 Å². The summed E-state index contributed by atoms with van der Waals surface area (Å²) in [5.74, 6) is 1.87. The summed E-state index contributed by atoms with van der Waals surface area (Å²) in [6.07, 6.45) is 61.7. The van der Waals surface area contributed by atoms with E-state index >= 15 is 0 Å². The molecule has 3 rings (SSSR count). The first-order valence-electron chi connectivity index (χ1n) is 27.2. The van der Waals surface area contributed by atoms with Crippen molar-refractivity contribution in [2.24, 2.45) is 17.3 Å². The molecule has 0 unspecified atom stereocenters. The van der Waals surface area contributed by atoms with Gasteiger partial charge < -0.3 is 0 Å². The molecule has 0 N–H and O–H groups in total. The molecule has 1 aromatic carbocycles. The number of benzene rings is 1. The van der Waals surface area contributed by atoms with Crippen LogP contribution in [-0.4, -0.2) is 0 Å². The summed E-state index contributed by atoms with van der Waals surface area (Å²) in [4.78, 5) is 0. The molecule has 1 aromatic rings. The van der Waals surface area contributed by atoms with E-state index in [2.05, 4.69) is 40.7 Å². The lowest BCUT2D eigenvalue weighted by Gasteiger charge is -2.48. The molecule has 0 atom stereocenters. The van der Waals surface area contributed by atoms with Crippen LogP contribution in [0.15, 0.2) is 6.07 Å². The zero-order chi connectivity index (χ0) is 40.7. The maximum Gasteiger partial charge on any atom is -0.0216 e. The Morgan fingerprint density at radius 3 is 1.02 bits per heavy atom. The van der Waals surface area contributed by atoms with Gasteiger partial charge in [0.2, 0.25) is 0 Å². The average Bonchev–Trinajstić information content (AvgIpc) is 3.24. The minimum Gasteiger partial charge on any atom is -0.0654 e. The molecule has 0 radical (unpaired) electrons. The minimum absolute atomic E-state index is 0.475. The molecule has 2 aliphatic rings. The van der Waals surface area contributed by atoms with E-state index in [1.165, 1.54) is 276 Å². The maximum absolute atomic E-state index is 2.95. The Hall–Kier alpha value is -0.780. The zero-order valence-electron chi connectivity index (χ0n) is 40.1. The molecule has 0 aliphatic heterocycles. The van der Waals surface area contributed by atoms with E-state index in [4.69, 9.17) is 0 Å². The number of hydrogen-bond donors (Lipinski definition) is 0. The third-order valence-corrected chi connectivity index (χ3v) is 15.6. The minimum atomic E-state index is 0.475. The molecular formula is C57H104. The van der Waals surface area contributed by atoms with Crippen molar-refractivity contribution >= 4 is 0 Å². The van der Waals surface area contributed by atoms with Gasteiger partial charge in [0.05, 0.1) is 0 Å². The van der Waals surface area contributed by atoms with Crippen molar-refractivity contribution in [2.45, 2.75) is 311 Å². The Balaban J connectivity index is 2.03. The Labute approximate surface area is 360 Å². The average molecular weight is 789 g/mol. The van der Waals surface area contributed by atoms with Gasteiger partial charge in [0.15, 0.2) is 0 Å². The standard InChI is InChI=1S/C57H104/c1-6-10-14-18-22-26-32-40-50-48-51(49-57(5,52-41-33-30-34-42-52)53-43-35-31-36-44-53)55(46-38-28-24-20-16-12-8-3)56(47-39-29-25-21-17-13-9-4)54(50)45-37-27-23-19-15-11-7-2/h48,52-53H,6-47,49H2,1-5H3. The molecule has 0 nitrogen and oxygen atoms in total. The van der Waals surface area contributed by atoms with E-state index in [0.717, 1.165) is 11.8 Å². The van der Waals surface area contributed by atoms with E-state index in [1.54, 1.807) is 0 Å². The summed E-state index contributed by atoms with van der Waals surface area (Å²) in [5, 5.41) is 0. The van der Waals surface area contributed by atoms with Crippen molar-refractivity contribution in [3.8, 4) is 0 Å². The lowest BCUT2D eigenvalue weighted by Crippen LogP contribution is -2.40. The van der Waals surface area contributed by atoms with Crippen LogP contribution >= 0.6 is 0 Å². The fraction of sp³-hybridized carbons (Fsp3) is 0.895. The number of aryl methyl sites for hydroxylation is 1. The lowest BCUT2D eigenvalue weighted by molar-refractivity contribution is 0.0399. The molecule has 332 valence electrons. The first kappa shape index (κ1) is 50.6. The molecule has 0 bridgehead atoms. The second-order valence-corrected chi connectivity index (χ2v) is 20.5. The van der Waals surface area contributed by atoms with Crippen LogP contribution in [0.2, 0.25) is 0 Å². The second kappa shape index (κ2) is 32.9. The van der Waals surface area contributed by atoms with Crippen molar-refractivity contribution in [1.82, 2.24) is 0 Å². The van der Waals surface area contributed by atoms with Gasteiger partial charge in [-0.05, 0) is 129 Å². The first-order valence-corrected chi connectivity index (χ1v) is 27.2. The highest BCUT2D eigenvalue weighted by molar-refractivity contribution is 5.48. The highest BCUT2D eigenvalue weighted by atomic mass is 14.5. The molecule has 2 saturated carbocycles. The van der Waals surface area contributed by atoms with Gasteiger partial charge in [-0.2, -0.15) is 0 Å². The Kier molecular flexibility index (Phi) is 29.2. The van der Waals surface area contributed by atoms with Crippen LogP contribution in [0, 0.1) is 17.3 Å². The first-order chi connectivity index (χ1) is 28.1. The van der Waals surface area contributed by atoms with Gasteiger partial charge in [-0.15, -0.1) is 0 Å². The predicted octanol–water partition coefficient (Wildman–Crippen LogP) is 19.6. The number of unbranched alkanes of at least 4 members (excludes halogenated alkanes) is 24. The van der Waals surface area contributed by atoms with Gasteiger partial charge in [0.1, 0.15) is 0 Å². The molecule has 0 aromatic heterocycles. The molecule has 0 heteroatoms. The smallest absolute Gasteiger partial charge is 0.0216 e. The van der Waals surface area contributed by atoms with E-state index in [9.17, 15) is 0 Å². The largest absolute Gasteiger partial charge is 0.0654 e. The van der Waals surface area contributed by atoms with Gasteiger partial charge in [-0.1, -0.05) is 233 Å². The molecule has 2 aliphatic carbocycles. The van der Waals surface area contributed by atoms with Crippen molar-refractivity contribution in [3.63, 3.8) is 0 Å². The third kappa shape index (κ3) is 20.1. The Morgan fingerprint density at radius 1 is 0.351 bits per heavy atom. The van der Waals surface area contributed by atoms with Crippen LogP contribution in [0.3, 0.4) is 0 Å². The lowest BCUT2D eigenvalue weighted by atomic mass is 9.57. The molecule has 0 amide bonds. The number of rotatable bonds is 36. The molecule has 2 fully saturated rings. The van der Waals surface area contributed by atoms with Gasteiger partial charge >= 0.3 is 0 Å². The van der Waals surface area contributed by atoms with Crippen LogP contribution in [0.4, 0.5) is 0 Å². The van der Waals surface area contributed by atoms with E-state index in [-0.39, 0.29) is 0 Å². The van der Waals surface area contributed by atoms with Crippen LogP contribution in [-0.2, 0) is 32.1 Å². The maximum atomic E-state index is 2.95. The quantitative estimate of drug-likeness (QED) is 0.0594. The predicted molar refractivity (Wildman–Crippen MR) is 258 cm³/mol. The van der Waals surface area contributed by atoms with Crippen LogP contribution in [0.5, 0.6) is 0 Å². The summed E-state index contributed by atoms with van der Waals surface area (Å²) in [7, 11) is 0. The van der Waals surface area contributed by atoms with Crippen molar-refractivity contribution in [2.75, 3.05) is 0 Å². The molecule has 0 heterocycles. The SMILES string of the molecule is CCCCCCCCCc1cc(CC(C)(C2CCCCC2)C2CCCCC2)c(CCCCCCCCC)c(CCCCCCCCC)c1CCCCCCCCC. The number of hydrogen-bond acceptors (Lipinski definition) is 0. The summed E-state index contributed by atoms with van der Waals surface area (Å²) in [5.41, 5.74) is 9.90. The molecular weight excluding hydrogens is 685 g/mol. The summed E-state index contributed by atoms with van der Waals surface area (Å²) in [6, 6.07) is 2.95. The van der Waals surface area contributed by atoms with Crippen LogP contribution in [0.1, 0.15) is 306 Å². The highest BCUT2D eigenvalue weighted by Crippen LogP contribution is 2.51. The Bertz CT molecular complexity index is 1050. The van der Waals surface area contributed by atoms with Crippen LogP contribution < -0.4 is 0 Å². The topological polar surface area (TPSA) is 0 Å². The van der Waals surface area contributed by atoms with Crippen molar-refractivity contribution in [1.29, 1.82) is 0 Å². The summed E-state index contributed by atoms with van der Waals surface area (Å²) >= 11 is 0. The highest BCUT2D eigenvalue weighted by Gasteiger charge is 2.42. The molecule has 0 spiro atoms. The zero-order valence-corrected chi connectivity index (χ0v) is 40.1. The van der Waals surface area contributed by atoms with E-state index in [1.807, 2.05) is 27.8 Å². The summed E-state index contributed by atoms with van der Waals surface area (Å²) in [6.45, 7) is 12.3. The van der Waals surface area contributed by atoms with Crippen molar-refractivity contribution in [3.05, 3.63) is 33.9 Å². The van der Waals surface area contributed by atoms with Crippen LogP contribution in [0.25, 0.3) is 0 Å². The summed E-state index contributed by atoms with van der Waals surface area (Å²) < 4.78 is 0. The van der Waals surface area contributed by atoms with Gasteiger partial charge in [0, 0.05) is 0 Å². The van der Waals surface area contributed by atoms with Crippen molar-refractivity contribution < 1.29 is 0 Å². The molecule has 0 saturated heterocycles. The fourth-order valence-electron chi connectivity index (χ4n) is 11.9. The Morgan fingerprint density at radius 2 is 0.649 bits per heavy atom. The van der Waals surface area contributed by atoms with Gasteiger partial charge in [-0.3, -0.25) is 0 Å². The normalized spacial score (nSPS) is 15.9. The monoisotopic (exact) mass is 789 g/mol. The van der Waals surface area contributed by atoms with Gasteiger partial charge in [0.25, 0.3) is 0 Å².